The topological polar surface area (TPSA) is 72.4 Å². The lowest BCUT2D eigenvalue weighted by molar-refractivity contribution is 0.0749. The molecule has 1 aliphatic heterocycles. The fraction of sp³-hybridized carbons (Fsp3) is 0.667. The molecule has 1 amide bonds. The van der Waals surface area contributed by atoms with Crippen LogP contribution < -0.4 is 5.73 Å². The summed E-state index contributed by atoms with van der Waals surface area (Å²) in [6.07, 6.45) is 1.84. The number of aromatic nitrogens is 1. The lowest BCUT2D eigenvalue weighted by atomic mass is 10.1. The highest BCUT2D eigenvalue weighted by atomic mass is 16.5. The summed E-state index contributed by atoms with van der Waals surface area (Å²) in [5, 5.41) is 3.94. The Morgan fingerprint density at radius 2 is 2.53 bits per heavy atom. The van der Waals surface area contributed by atoms with Gasteiger partial charge in [-0.1, -0.05) is 19.0 Å². The summed E-state index contributed by atoms with van der Waals surface area (Å²) in [5.41, 5.74) is 6.62. The third-order valence-electron chi connectivity index (χ3n) is 3.37. The molecule has 1 aliphatic rings. The van der Waals surface area contributed by atoms with Crippen LogP contribution in [0.3, 0.4) is 0 Å². The molecule has 1 aromatic rings. The average molecular weight is 237 g/mol. The molecule has 0 radical (unpaired) electrons. The molecule has 2 atom stereocenters. The maximum Gasteiger partial charge on any atom is 0.292 e. The van der Waals surface area contributed by atoms with Crippen molar-refractivity contribution in [3.63, 3.8) is 0 Å². The van der Waals surface area contributed by atoms with Gasteiger partial charge in [-0.2, -0.15) is 0 Å². The van der Waals surface area contributed by atoms with Gasteiger partial charge in [0.25, 0.3) is 5.91 Å². The summed E-state index contributed by atoms with van der Waals surface area (Å²) < 4.78 is 5.12. The molecule has 17 heavy (non-hydrogen) atoms. The molecule has 94 valence electrons. The van der Waals surface area contributed by atoms with E-state index >= 15 is 0 Å². The Bertz CT molecular complexity index is 402. The monoisotopic (exact) mass is 237 g/mol. The smallest absolute Gasteiger partial charge is 0.292 e. The average Bonchev–Trinajstić information content (AvgIpc) is 2.95. The Kier molecular flexibility index (Phi) is 3.47. The molecule has 1 unspecified atom stereocenters. The number of carbonyl (C=O) groups is 1. The summed E-state index contributed by atoms with van der Waals surface area (Å²) in [6, 6.07) is 1.84. The first-order chi connectivity index (χ1) is 8.11. The SMILES string of the molecule is CCC(C)c1cc(C(=O)N2CC[C@H](N)C2)on1. The molecule has 1 saturated heterocycles. The van der Waals surface area contributed by atoms with Crippen molar-refractivity contribution >= 4 is 5.91 Å². The van der Waals surface area contributed by atoms with Gasteiger partial charge < -0.3 is 15.2 Å². The number of likely N-dealkylation sites (tertiary alicyclic amines) is 1. The molecule has 5 nitrogen and oxygen atoms in total. The molecule has 0 aliphatic carbocycles. The van der Waals surface area contributed by atoms with Crippen LogP contribution in [0, 0.1) is 0 Å². The zero-order valence-electron chi connectivity index (χ0n) is 10.3. The zero-order chi connectivity index (χ0) is 12.4. The van der Waals surface area contributed by atoms with E-state index in [-0.39, 0.29) is 11.9 Å². The largest absolute Gasteiger partial charge is 0.351 e. The summed E-state index contributed by atoms with van der Waals surface area (Å²) in [6.45, 7) is 5.47. The van der Waals surface area contributed by atoms with E-state index < -0.39 is 0 Å². The summed E-state index contributed by atoms with van der Waals surface area (Å²) >= 11 is 0. The lowest BCUT2D eigenvalue weighted by Crippen LogP contribution is -2.31. The number of carbonyl (C=O) groups excluding carboxylic acids is 1. The first-order valence-electron chi connectivity index (χ1n) is 6.13. The molecule has 2 rings (SSSR count). The molecular formula is C12H19N3O2. The van der Waals surface area contributed by atoms with E-state index in [4.69, 9.17) is 10.3 Å². The number of nitrogens with zero attached hydrogens (tertiary/aromatic N) is 2. The first-order valence-corrected chi connectivity index (χ1v) is 6.13. The minimum absolute atomic E-state index is 0.0934. The Morgan fingerprint density at radius 3 is 3.12 bits per heavy atom. The molecule has 1 fully saturated rings. The first kappa shape index (κ1) is 12.1. The molecule has 0 bridgehead atoms. The minimum Gasteiger partial charge on any atom is -0.351 e. The van der Waals surface area contributed by atoms with Gasteiger partial charge in [-0.3, -0.25) is 4.79 Å². The molecule has 1 aromatic heterocycles. The van der Waals surface area contributed by atoms with E-state index in [0.29, 0.717) is 24.8 Å². The predicted molar refractivity (Wildman–Crippen MR) is 63.7 cm³/mol. The standard InChI is InChI=1S/C12H19N3O2/c1-3-8(2)10-6-11(17-14-10)12(16)15-5-4-9(13)7-15/h6,8-9H,3-5,7,13H2,1-2H3/t8?,9-/m0/s1. The van der Waals surface area contributed by atoms with E-state index in [1.165, 1.54) is 0 Å². The van der Waals surface area contributed by atoms with Gasteiger partial charge in [0.2, 0.25) is 5.76 Å². The van der Waals surface area contributed by atoms with Crippen LogP contribution in [-0.2, 0) is 0 Å². The second-order valence-corrected chi connectivity index (χ2v) is 4.73. The van der Waals surface area contributed by atoms with Crippen LogP contribution in [0.4, 0.5) is 0 Å². The summed E-state index contributed by atoms with van der Waals surface area (Å²) in [5.74, 6) is 0.551. The van der Waals surface area contributed by atoms with Crippen molar-refractivity contribution in [2.75, 3.05) is 13.1 Å². The fourth-order valence-electron chi connectivity index (χ4n) is 1.96. The zero-order valence-corrected chi connectivity index (χ0v) is 10.3. The third-order valence-corrected chi connectivity index (χ3v) is 3.37. The van der Waals surface area contributed by atoms with E-state index in [1.54, 1.807) is 11.0 Å². The van der Waals surface area contributed by atoms with Crippen LogP contribution in [0.1, 0.15) is 48.9 Å². The Labute approximate surface area is 101 Å². The highest BCUT2D eigenvalue weighted by molar-refractivity contribution is 5.91. The quantitative estimate of drug-likeness (QED) is 0.861. The van der Waals surface area contributed by atoms with Crippen LogP contribution in [0.15, 0.2) is 10.6 Å². The third kappa shape index (κ3) is 2.49. The Morgan fingerprint density at radius 1 is 1.76 bits per heavy atom. The molecular weight excluding hydrogens is 218 g/mol. The van der Waals surface area contributed by atoms with Crippen molar-refractivity contribution in [3.05, 3.63) is 17.5 Å². The van der Waals surface area contributed by atoms with Gasteiger partial charge in [0, 0.05) is 31.1 Å². The van der Waals surface area contributed by atoms with E-state index in [9.17, 15) is 4.79 Å². The molecule has 2 heterocycles. The van der Waals surface area contributed by atoms with Gasteiger partial charge in [0.05, 0.1) is 5.69 Å². The van der Waals surface area contributed by atoms with Gasteiger partial charge >= 0.3 is 0 Å². The number of hydrogen-bond donors (Lipinski definition) is 1. The molecule has 0 spiro atoms. The van der Waals surface area contributed by atoms with Gasteiger partial charge in [0.1, 0.15) is 0 Å². The minimum atomic E-state index is -0.0972. The normalized spacial score (nSPS) is 21.8. The van der Waals surface area contributed by atoms with Gasteiger partial charge in [-0.25, -0.2) is 0 Å². The number of rotatable bonds is 3. The van der Waals surface area contributed by atoms with Crippen molar-refractivity contribution < 1.29 is 9.32 Å². The molecule has 0 saturated carbocycles. The van der Waals surface area contributed by atoms with Crippen molar-refractivity contribution in [2.24, 2.45) is 5.73 Å². The van der Waals surface area contributed by atoms with E-state index in [1.807, 2.05) is 0 Å². The van der Waals surface area contributed by atoms with Gasteiger partial charge in [-0.05, 0) is 12.8 Å². The Balaban J connectivity index is 2.07. The molecule has 0 aromatic carbocycles. The second kappa shape index (κ2) is 4.87. The second-order valence-electron chi connectivity index (χ2n) is 4.73. The molecule has 5 heteroatoms. The van der Waals surface area contributed by atoms with Crippen LogP contribution in [0.5, 0.6) is 0 Å². The van der Waals surface area contributed by atoms with Crippen molar-refractivity contribution in [1.29, 1.82) is 0 Å². The Hall–Kier alpha value is -1.36. The summed E-state index contributed by atoms with van der Waals surface area (Å²) in [4.78, 5) is 13.8. The number of hydrogen-bond acceptors (Lipinski definition) is 4. The van der Waals surface area contributed by atoms with E-state index in [2.05, 4.69) is 19.0 Å². The van der Waals surface area contributed by atoms with Crippen LogP contribution in [0.2, 0.25) is 0 Å². The number of nitrogens with two attached hydrogens (primary N) is 1. The molecule has 2 N–H and O–H groups in total. The fourth-order valence-corrected chi connectivity index (χ4v) is 1.96. The predicted octanol–water partition coefficient (Wildman–Crippen LogP) is 1.36. The maximum absolute atomic E-state index is 12.1. The number of amides is 1. The highest BCUT2D eigenvalue weighted by Crippen LogP contribution is 2.20. The summed E-state index contributed by atoms with van der Waals surface area (Å²) in [7, 11) is 0. The van der Waals surface area contributed by atoms with Crippen molar-refractivity contribution in [3.8, 4) is 0 Å². The van der Waals surface area contributed by atoms with Crippen LogP contribution >= 0.6 is 0 Å². The van der Waals surface area contributed by atoms with E-state index in [0.717, 1.165) is 18.5 Å². The highest BCUT2D eigenvalue weighted by Gasteiger charge is 2.27. The van der Waals surface area contributed by atoms with Crippen molar-refractivity contribution in [2.45, 2.75) is 38.6 Å². The van der Waals surface area contributed by atoms with Crippen LogP contribution in [0.25, 0.3) is 0 Å². The van der Waals surface area contributed by atoms with Crippen LogP contribution in [-0.4, -0.2) is 35.1 Å². The lowest BCUT2D eigenvalue weighted by Gasteiger charge is -2.12. The maximum atomic E-state index is 12.1. The van der Waals surface area contributed by atoms with Crippen molar-refractivity contribution in [1.82, 2.24) is 10.1 Å². The van der Waals surface area contributed by atoms with Gasteiger partial charge in [-0.15, -0.1) is 0 Å². The van der Waals surface area contributed by atoms with Gasteiger partial charge in [0.15, 0.2) is 0 Å².